The van der Waals surface area contributed by atoms with Crippen molar-refractivity contribution in [1.29, 1.82) is 0 Å². The summed E-state index contributed by atoms with van der Waals surface area (Å²) in [6.45, 7) is 6.11. The highest BCUT2D eigenvalue weighted by Gasteiger charge is 2.24. The normalized spacial score (nSPS) is 17.8. The fourth-order valence-electron chi connectivity index (χ4n) is 5.06. The second-order valence-corrected chi connectivity index (χ2v) is 9.54. The molecular formula is C30H35N3O4. The van der Waals surface area contributed by atoms with Gasteiger partial charge in [-0.2, -0.15) is 0 Å². The van der Waals surface area contributed by atoms with Crippen molar-refractivity contribution >= 4 is 11.6 Å². The number of hydrogen-bond donors (Lipinski definition) is 1. The Bertz CT molecular complexity index is 1160. The highest BCUT2D eigenvalue weighted by atomic mass is 16.6. The average Bonchev–Trinajstić information content (AvgIpc) is 2.96. The molecule has 0 spiro atoms. The maximum atomic E-state index is 12.6. The number of amides is 1. The van der Waals surface area contributed by atoms with Crippen LogP contribution in [0.1, 0.15) is 39.6 Å². The Hall–Kier alpha value is -3.39. The molecule has 2 aliphatic heterocycles. The Morgan fingerprint density at radius 2 is 1.78 bits per heavy atom. The zero-order valence-corrected chi connectivity index (χ0v) is 21.4. The molecule has 194 valence electrons. The molecule has 0 saturated carbocycles. The monoisotopic (exact) mass is 501 g/mol. The number of fused-ring (bicyclic) bond motifs is 1. The first-order valence-corrected chi connectivity index (χ1v) is 13.0. The first-order valence-electron chi connectivity index (χ1n) is 13.0. The third-order valence-corrected chi connectivity index (χ3v) is 7.21. The standard InChI is InChI=1S/C30H35N3O4/c1-35-27-10-8-26(9-11-27)33-18-16-32(17-19-33)15-13-29-28-12-7-25(21-24(28)14-20-36-29)30(34)31-37-22-23-5-3-2-4-6-23/h2-12,21,29H,13-20,22H2,1H3,(H,31,34). The Kier molecular flexibility index (Phi) is 8.35. The zero-order valence-electron chi connectivity index (χ0n) is 21.4. The number of carbonyl (C=O) groups is 1. The van der Waals surface area contributed by atoms with Crippen molar-refractivity contribution in [3.63, 3.8) is 0 Å². The van der Waals surface area contributed by atoms with Gasteiger partial charge in [0.25, 0.3) is 5.91 Å². The first kappa shape index (κ1) is 25.3. The van der Waals surface area contributed by atoms with Crippen LogP contribution in [0.2, 0.25) is 0 Å². The SMILES string of the molecule is COc1ccc(N2CCN(CCC3OCCc4cc(C(=O)NOCc5ccccc5)ccc43)CC2)cc1. The van der Waals surface area contributed by atoms with Crippen molar-refractivity contribution in [2.24, 2.45) is 0 Å². The van der Waals surface area contributed by atoms with Crippen molar-refractivity contribution < 1.29 is 19.1 Å². The lowest BCUT2D eigenvalue weighted by Gasteiger charge is -2.37. The van der Waals surface area contributed by atoms with E-state index in [9.17, 15) is 4.79 Å². The summed E-state index contributed by atoms with van der Waals surface area (Å²) >= 11 is 0. The number of hydrogen-bond acceptors (Lipinski definition) is 6. The minimum Gasteiger partial charge on any atom is -0.497 e. The van der Waals surface area contributed by atoms with Gasteiger partial charge in [-0.25, -0.2) is 5.48 Å². The van der Waals surface area contributed by atoms with Gasteiger partial charge in [-0.1, -0.05) is 36.4 Å². The molecule has 2 aliphatic rings. The number of methoxy groups -OCH3 is 1. The van der Waals surface area contributed by atoms with E-state index < -0.39 is 0 Å². The van der Waals surface area contributed by atoms with Gasteiger partial charge in [0.15, 0.2) is 0 Å². The van der Waals surface area contributed by atoms with Gasteiger partial charge in [0.2, 0.25) is 0 Å². The number of carbonyl (C=O) groups excluding carboxylic acids is 1. The molecule has 3 aromatic carbocycles. The molecule has 0 aromatic heterocycles. The largest absolute Gasteiger partial charge is 0.497 e. The van der Waals surface area contributed by atoms with E-state index in [1.54, 1.807) is 7.11 Å². The van der Waals surface area contributed by atoms with Gasteiger partial charge in [-0.3, -0.25) is 14.5 Å². The van der Waals surface area contributed by atoms with Gasteiger partial charge in [-0.15, -0.1) is 0 Å². The summed E-state index contributed by atoms with van der Waals surface area (Å²) in [6.07, 6.45) is 1.83. The molecule has 1 amide bonds. The van der Waals surface area contributed by atoms with Gasteiger partial charge in [0.1, 0.15) is 5.75 Å². The molecule has 0 bridgehead atoms. The predicted molar refractivity (Wildman–Crippen MR) is 144 cm³/mol. The molecular weight excluding hydrogens is 466 g/mol. The third-order valence-electron chi connectivity index (χ3n) is 7.21. The highest BCUT2D eigenvalue weighted by molar-refractivity contribution is 5.93. The van der Waals surface area contributed by atoms with Crippen LogP contribution in [-0.4, -0.2) is 57.2 Å². The van der Waals surface area contributed by atoms with E-state index in [4.69, 9.17) is 14.3 Å². The van der Waals surface area contributed by atoms with Crippen molar-refractivity contribution in [3.05, 3.63) is 95.1 Å². The van der Waals surface area contributed by atoms with E-state index in [2.05, 4.69) is 27.4 Å². The summed E-state index contributed by atoms with van der Waals surface area (Å²) in [4.78, 5) is 23.0. The average molecular weight is 502 g/mol. The van der Waals surface area contributed by atoms with Crippen LogP contribution in [0.25, 0.3) is 0 Å². The van der Waals surface area contributed by atoms with E-state index in [1.807, 2.05) is 60.7 Å². The van der Waals surface area contributed by atoms with Crippen LogP contribution in [0, 0.1) is 0 Å². The molecule has 37 heavy (non-hydrogen) atoms. The maximum absolute atomic E-state index is 12.6. The molecule has 1 N–H and O–H groups in total. The van der Waals surface area contributed by atoms with Crippen LogP contribution in [0.3, 0.4) is 0 Å². The minimum atomic E-state index is -0.225. The van der Waals surface area contributed by atoms with Crippen LogP contribution >= 0.6 is 0 Å². The second-order valence-electron chi connectivity index (χ2n) is 9.54. The van der Waals surface area contributed by atoms with E-state index in [1.165, 1.54) is 16.8 Å². The number of ether oxygens (including phenoxy) is 2. The van der Waals surface area contributed by atoms with Crippen molar-refractivity contribution in [2.45, 2.75) is 25.6 Å². The van der Waals surface area contributed by atoms with Gasteiger partial charge in [-0.05, 0) is 65.9 Å². The third kappa shape index (κ3) is 6.49. The van der Waals surface area contributed by atoms with E-state index in [0.29, 0.717) is 18.8 Å². The van der Waals surface area contributed by atoms with Gasteiger partial charge < -0.3 is 14.4 Å². The summed E-state index contributed by atoms with van der Waals surface area (Å²) in [7, 11) is 1.70. The smallest absolute Gasteiger partial charge is 0.274 e. The Labute approximate surface area is 218 Å². The predicted octanol–water partition coefficient (Wildman–Crippen LogP) is 4.38. The first-order chi connectivity index (χ1) is 18.2. The summed E-state index contributed by atoms with van der Waals surface area (Å²) in [6, 6.07) is 24.0. The summed E-state index contributed by atoms with van der Waals surface area (Å²) in [5.74, 6) is 0.663. The number of benzene rings is 3. The van der Waals surface area contributed by atoms with Gasteiger partial charge >= 0.3 is 0 Å². The Morgan fingerprint density at radius 1 is 1.00 bits per heavy atom. The Balaban J connectivity index is 1.10. The van der Waals surface area contributed by atoms with Crippen LogP contribution in [-0.2, 0) is 22.6 Å². The van der Waals surface area contributed by atoms with E-state index in [0.717, 1.165) is 56.9 Å². The molecule has 7 nitrogen and oxygen atoms in total. The lowest BCUT2D eigenvalue weighted by atomic mass is 9.93. The van der Waals surface area contributed by atoms with Crippen LogP contribution in [0.4, 0.5) is 5.69 Å². The van der Waals surface area contributed by atoms with Crippen LogP contribution in [0.15, 0.2) is 72.8 Å². The quantitative estimate of drug-likeness (QED) is 0.439. The number of nitrogens with one attached hydrogen (secondary N) is 1. The summed E-state index contributed by atoms with van der Waals surface area (Å²) in [5, 5.41) is 0. The lowest BCUT2D eigenvalue weighted by Crippen LogP contribution is -2.46. The summed E-state index contributed by atoms with van der Waals surface area (Å²) in [5.41, 5.74) is 7.83. The fourth-order valence-corrected chi connectivity index (χ4v) is 5.06. The molecule has 3 aromatic rings. The second kappa shape index (κ2) is 12.2. The number of hydroxylamine groups is 1. The fraction of sp³-hybridized carbons (Fsp3) is 0.367. The van der Waals surface area contributed by atoms with Crippen molar-refractivity contribution in [1.82, 2.24) is 10.4 Å². The lowest BCUT2D eigenvalue weighted by molar-refractivity contribution is 0.0229. The van der Waals surface area contributed by atoms with Gasteiger partial charge in [0.05, 0.1) is 26.4 Å². The highest BCUT2D eigenvalue weighted by Crippen LogP contribution is 2.31. The molecule has 0 aliphatic carbocycles. The molecule has 1 unspecified atom stereocenters. The zero-order chi connectivity index (χ0) is 25.5. The Morgan fingerprint density at radius 3 is 2.54 bits per heavy atom. The molecule has 1 atom stereocenters. The number of anilines is 1. The summed E-state index contributed by atoms with van der Waals surface area (Å²) < 4.78 is 11.4. The van der Waals surface area contributed by atoms with Crippen LogP contribution < -0.4 is 15.1 Å². The van der Waals surface area contributed by atoms with Crippen molar-refractivity contribution in [2.75, 3.05) is 51.3 Å². The molecule has 1 saturated heterocycles. The van der Waals surface area contributed by atoms with E-state index >= 15 is 0 Å². The van der Waals surface area contributed by atoms with E-state index in [-0.39, 0.29) is 12.0 Å². The maximum Gasteiger partial charge on any atom is 0.274 e. The molecule has 1 fully saturated rings. The topological polar surface area (TPSA) is 63.3 Å². The number of piperazine rings is 1. The molecule has 5 rings (SSSR count). The van der Waals surface area contributed by atoms with Crippen molar-refractivity contribution in [3.8, 4) is 5.75 Å². The molecule has 2 heterocycles. The number of rotatable bonds is 9. The van der Waals surface area contributed by atoms with Gasteiger partial charge in [0, 0.05) is 44.0 Å². The van der Waals surface area contributed by atoms with Crippen LogP contribution in [0.5, 0.6) is 5.75 Å². The minimum absolute atomic E-state index is 0.0646. The molecule has 0 radical (unpaired) electrons. The number of nitrogens with zero attached hydrogens (tertiary/aromatic N) is 2. The molecule has 7 heteroatoms.